The highest BCUT2D eigenvalue weighted by Gasteiger charge is 2.44. The molecule has 4 aromatic carbocycles. The summed E-state index contributed by atoms with van der Waals surface area (Å²) in [7, 11) is 0. The average Bonchev–Trinajstić information content (AvgIpc) is 3.76. The molecule has 64 heavy (non-hydrogen) atoms. The van der Waals surface area contributed by atoms with E-state index in [4.69, 9.17) is 9.97 Å². The van der Waals surface area contributed by atoms with Crippen molar-refractivity contribution < 1.29 is 0 Å². The molecule has 0 unspecified atom stereocenters. The Morgan fingerprint density at radius 2 is 0.703 bits per heavy atom. The third-order valence-electron chi connectivity index (χ3n) is 14.8. The molecule has 6 aromatic rings. The molecule has 0 N–H and O–H groups in total. The van der Waals surface area contributed by atoms with E-state index < -0.39 is 0 Å². The summed E-state index contributed by atoms with van der Waals surface area (Å²) in [5.41, 5.74) is 18.3. The third kappa shape index (κ3) is 9.57. The number of hydrogen-bond donors (Lipinski definition) is 0. The molecule has 0 saturated heterocycles. The van der Waals surface area contributed by atoms with E-state index in [1.165, 1.54) is 184 Å². The van der Waals surface area contributed by atoms with Crippen molar-refractivity contribution in [3.8, 4) is 56.6 Å². The van der Waals surface area contributed by atoms with Gasteiger partial charge in [0.1, 0.15) is 0 Å². The van der Waals surface area contributed by atoms with Crippen LogP contribution in [0.25, 0.3) is 44.8 Å². The van der Waals surface area contributed by atoms with E-state index >= 15 is 0 Å². The molecule has 0 radical (unpaired) electrons. The van der Waals surface area contributed by atoms with Crippen molar-refractivity contribution in [2.24, 2.45) is 0 Å². The molecular formula is C62H72N2. The monoisotopic (exact) mass is 845 g/mol. The van der Waals surface area contributed by atoms with E-state index in [1.54, 1.807) is 0 Å². The predicted molar refractivity (Wildman–Crippen MR) is 273 cm³/mol. The second-order valence-corrected chi connectivity index (χ2v) is 19.1. The lowest BCUT2D eigenvalue weighted by Gasteiger charge is -2.33. The van der Waals surface area contributed by atoms with Gasteiger partial charge in [0.25, 0.3) is 0 Å². The lowest BCUT2D eigenvalue weighted by molar-refractivity contribution is 0.401. The summed E-state index contributed by atoms with van der Waals surface area (Å²) in [5.74, 6) is 7.53. The van der Waals surface area contributed by atoms with Gasteiger partial charge in [0.2, 0.25) is 0 Å². The smallest absolute Gasteiger partial charge is 0.0702 e. The number of pyridine rings is 2. The highest BCUT2D eigenvalue weighted by Crippen LogP contribution is 2.57. The van der Waals surface area contributed by atoms with Crippen LogP contribution in [0.1, 0.15) is 189 Å². The molecule has 0 amide bonds. The van der Waals surface area contributed by atoms with Gasteiger partial charge in [-0.05, 0) is 131 Å². The lowest BCUT2D eigenvalue weighted by atomic mass is 9.70. The summed E-state index contributed by atoms with van der Waals surface area (Å²) in [5, 5.41) is 0. The van der Waals surface area contributed by atoms with E-state index in [9.17, 15) is 0 Å². The van der Waals surface area contributed by atoms with E-state index in [2.05, 4.69) is 137 Å². The minimum atomic E-state index is -0.0305. The molecule has 0 fully saturated rings. The second kappa shape index (κ2) is 21.6. The molecule has 330 valence electrons. The lowest BCUT2D eigenvalue weighted by Crippen LogP contribution is -2.26. The molecule has 0 bridgehead atoms. The number of benzene rings is 4. The summed E-state index contributed by atoms with van der Waals surface area (Å²) in [6.07, 6.45) is 28.8. The Kier molecular flexibility index (Phi) is 15.3. The van der Waals surface area contributed by atoms with Crippen LogP contribution < -0.4 is 0 Å². The van der Waals surface area contributed by atoms with Gasteiger partial charge in [0, 0.05) is 45.5 Å². The first-order valence-electron chi connectivity index (χ1n) is 25.5. The number of aromatic nitrogens is 2. The van der Waals surface area contributed by atoms with E-state index in [0.717, 1.165) is 22.5 Å². The fourth-order valence-corrected chi connectivity index (χ4v) is 11.4. The van der Waals surface area contributed by atoms with Crippen molar-refractivity contribution in [1.82, 2.24) is 9.97 Å². The van der Waals surface area contributed by atoms with Gasteiger partial charge in [-0.25, -0.2) is 0 Å². The normalized spacial score (nSPS) is 13.8. The summed E-state index contributed by atoms with van der Waals surface area (Å²) in [6, 6.07) is 41.3. The Labute approximate surface area is 386 Å². The number of hydrogen-bond acceptors (Lipinski definition) is 2. The van der Waals surface area contributed by atoms with Gasteiger partial charge >= 0.3 is 0 Å². The summed E-state index contributed by atoms with van der Waals surface area (Å²) < 4.78 is 0. The van der Waals surface area contributed by atoms with Crippen LogP contribution >= 0.6 is 0 Å². The summed E-state index contributed by atoms with van der Waals surface area (Å²) >= 11 is 0. The Balaban J connectivity index is 1.20. The van der Waals surface area contributed by atoms with Crippen molar-refractivity contribution in [1.29, 1.82) is 0 Å². The third-order valence-corrected chi connectivity index (χ3v) is 14.8. The van der Waals surface area contributed by atoms with Crippen molar-refractivity contribution in [2.45, 2.75) is 167 Å². The first kappa shape index (κ1) is 45.3. The molecule has 8 rings (SSSR count). The van der Waals surface area contributed by atoms with Crippen molar-refractivity contribution in [2.75, 3.05) is 0 Å². The minimum absolute atomic E-state index is 0.0305. The van der Waals surface area contributed by atoms with Crippen molar-refractivity contribution in [3.63, 3.8) is 0 Å². The molecule has 0 spiro atoms. The average molecular weight is 845 g/mol. The minimum Gasteiger partial charge on any atom is -0.256 e. The number of unbranched alkanes of at least 4 members (excludes halogenated alkanes) is 12. The molecule has 0 aliphatic heterocycles. The fraction of sp³-hybridized carbons (Fsp3) is 0.419. The molecule has 2 aliphatic carbocycles. The summed E-state index contributed by atoms with van der Waals surface area (Å²) in [4.78, 5) is 9.59. The standard InChI is InChI=1S/C62H72N2/c1-5-9-13-19-37-61(38-20-14-10-6-2)55-43-47(29-33-51(55)53-35-31-49(45-57(53)61)59-25-17-23-41-63-59)27-28-48-30-34-52-54-36-32-50(60-26-18-24-42-64-60)46-58(54)62(56(52)44-48,39-21-15-11-7-3)40-22-16-12-8-4/h17-18,23-26,29-36,41-46H,5-16,19-22,37-40H2,1-4H3. The maximum atomic E-state index is 4.79. The zero-order valence-electron chi connectivity index (χ0n) is 39.6. The SMILES string of the molecule is CCCCCCC1(CCCCCC)c2cc(C#Cc3ccc4c(c3)C(CCCCCC)(CCCCCC)c3cc(-c5ccccn5)ccc3-4)ccc2-c2ccc(-c3ccccn3)cc21. The van der Waals surface area contributed by atoms with Crippen molar-refractivity contribution >= 4 is 0 Å². The van der Waals surface area contributed by atoms with Crippen LogP contribution in [0.5, 0.6) is 0 Å². The van der Waals surface area contributed by atoms with Crippen LogP contribution in [-0.2, 0) is 10.8 Å². The van der Waals surface area contributed by atoms with Gasteiger partial charge in [-0.15, -0.1) is 0 Å². The van der Waals surface area contributed by atoms with Crippen LogP contribution in [0, 0.1) is 11.8 Å². The van der Waals surface area contributed by atoms with Gasteiger partial charge < -0.3 is 0 Å². The van der Waals surface area contributed by atoms with E-state index in [0.29, 0.717) is 0 Å². The molecule has 0 saturated carbocycles. The Hall–Kier alpha value is -5.26. The molecule has 0 atom stereocenters. The summed E-state index contributed by atoms with van der Waals surface area (Å²) in [6.45, 7) is 9.30. The first-order chi connectivity index (χ1) is 31.5. The Morgan fingerprint density at radius 3 is 1.03 bits per heavy atom. The van der Waals surface area contributed by atoms with Gasteiger partial charge in [0.05, 0.1) is 11.4 Å². The highest BCUT2D eigenvalue weighted by molar-refractivity contribution is 5.86. The molecule has 2 nitrogen and oxygen atoms in total. The zero-order valence-corrected chi connectivity index (χ0v) is 39.6. The highest BCUT2D eigenvalue weighted by atomic mass is 14.7. The van der Waals surface area contributed by atoms with Crippen molar-refractivity contribution in [3.05, 3.63) is 155 Å². The second-order valence-electron chi connectivity index (χ2n) is 19.1. The van der Waals surface area contributed by atoms with E-state index in [-0.39, 0.29) is 10.8 Å². The van der Waals surface area contributed by atoms with E-state index in [1.807, 2.05) is 24.5 Å². The Bertz CT molecular complexity index is 2320. The topological polar surface area (TPSA) is 25.8 Å². The number of fused-ring (bicyclic) bond motifs is 6. The van der Waals surface area contributed by atoms with Crippen LogP contribution in [0.2, 0.25) is 0 Å². The fourth-order valence-electron chi connectivity index (χ4n) is 11.4. The maximum Gasteiger partial charge on any atom is 0.0702 e. The van der Waals surface area contributed by atoms with Gasteiger partial charge in [-0.2, -0.15) is 0 Å². The number of rotatable bonds is 22. The van der Waals surface area contributed by atoms with Crippen LogP contribution in [0.3, 0.4) is 0 Å². The molecule has 2 aliphatic rings. The molecule has 2 heterocycles. The number of nitrogens with zero attached hydrogens (tertiary/aromatic N) is 2. The predicted octanol–water partition coefficient (Wildman–Crippen LogP) is 17.6. The van der Waals surface area contributed by atoms with Crippen LogP contribution in [-0.4, -0.2) is 9.97 Å². The van der Waals surface area contributed by atoms with Gasteiger partial charge in [-0.3, -0.25) is 9.97 Å². The Morgan fingerprint density at radius 1 is 0.359 bits per heavy atom. The quantitative estimate of drug-likeness (QED) is 0.0502. The van der Waals surface area contributed by atoms with Gasteiger partial charge in [-0.1, -0.05) is 191 Å². The maximum absolute atomic E-state index is 4.79. The molecular weight excluding hydrogens is 773 g/mol. The van der Waals surface area contributed by atoms with Crippen LogP contribution in [0.15, 0.2) is 122 Å². The zero-order chi connectivity index (χ0) is 44.2. The van der Waals surface area contributed by atoms with Crippen LogP contribution in [0.4, 0.5) is 0 Å². The molecule has 2 aromatic heterocycles. The molecule has 2 heteroatoms. The first-order valence-corrected chi connectivity index (χ1v) is 25.5. The largest absolute Gasteiger partial charge is 0.256 e. The van der Waals surface area contributed by atoms with Gasteiger partial charge in [0.15, 0.2) is 0 Å².